The SMILES string of the molecule is Cc1ccc(C(=O)N2CC3CCCCN3CC2C)c(Br)c1. The number of hydrogen-bond donors (Lipinski definition) is 0. The van der Waals surface area contributed by atoms with E-state index >= 15 is 0 Å². The van der Waals surface area contributed by atoms with Crippen molar-refractivity contribution >= 4 is 21.8 Å². The van der Waals surface area contributed by atoms with Crippen LogP contribution in [-0.2, 0) is 0 Å². The topological polar surface area (TPSA) is 23.6 Å². The van der Waals surface area contributed by atoms with Gasteiger partial charge < -0.3 is 4.90 Å². The van der Waals surface area contributed by atoms with Crippen molar-refractivity contribution in [1.82, 2.24) is 9.80 Å². The molecule has 0 spiro atoms. The van der Waals surface area contributed by atoms with Gasteiger partial charge in [0.05, 0.1) is 5.56 Å². The van der Waals surface area contributed by atoms with Crippen molar-refractivity contribution in [2.75, 3.05) is 19.6 Å². The Kier molecular flexibility index (Phi) is 4.36. The number of amides is 1. The summed E-state index contributed by atoms with van der Waals surface area (Å²) in [7, 11) is 0. The summed E-state index contributed by atoms with van der Waals surface area (Å²) in [5.41, 5.74) is 1.96. The van der Waals surface area contributed by atoms with E-state index in [1.807, 2.05) is 25.1 Å². The van der Waals surface area contributed by atoms with Gasteiger partial charge in [-0.25, -0.2) is 0 Å². The summed E-state index contributed by atoms with van der Waals surface area (Å²) < 4.78 is 0.908. The summed E-state index contributed by atoms with van der Waals surface area (Å²) in [6, 6.07) is 6.83. The molecule has 0 N–H and O–H groups in total. The molecule has 2 saturated heterocycles. The third-order valence-electron chi connectivity index (χ3n) is 4.80. The number of aryl methyl sites for hydroxylation is 1. The number of hydrogen-bond acceptors (Lipinski definition) is 2. The van der Waals surface area contributed by atoms with E-state index in [-0.39, 0.29) is 5.91 Å². The number of carbonyl (C=O) groups excluding carboxylic acids is 1. The fourth-order valence-electron chi connectivity index (χ4n) is 3.58. The van der Waals surface area contributed by atoms with Gasteiger partial charge in [-0.2, -0.15) is 0 Å². The highest BCUT2D eigenvalue weighted by Gasteiger charge is 2.35. The summed E-state index contributed by atoms with van der Waals surface area (Å²) >= 11 is 3.55. The lowest BCUT2D eigenvalue weighted by atomic mass is 9.96. The fourth-order valence-corrected chi connectivity index (χ4v) is 4.25. The molecule has 4 heteroatoms. The molecule has 2 fully saturated rings. The van der Waals surface area contributed by atoms with Gasteiger partial charge in [0.25, 0.3) is 5.91 Å². The quantitative estimate of drug-likeness (QED) is 0.774. The largest absolute Gasteiger partial charge is 0.333 e. The Morgan fingerprint density at radius 2 is 2.10 bits per heavy atom. The summed E-state index contributed by atoms with van der Waals surface area (Å²) in [5, 5.41) is 0. The van der Waals surface area contributed by atoms with Gasteiger partial charge in [-0.15, -0.1) is 0 Å². The van der Waals surface area contributed by atoms with E-state index in [0.717, 1.165) is 23.1 Å². The first kappa shape index (κ1) is 15.0. The number of piperidine rings is 1. The molecule has 3 nitrogen and oxygen atoms in total. The Morgan fingerprint density at radius 1 is 1.29 bits per heavy atom. The Labute approximate surface area is 135 Å². The van der Waals surface area contributed by atoms with Crippen LogP contribution in [0.25, 0.3) is 0 Å². The number of piperazine rings is 1. The van der Waals surface area contributed by atoms with E-state index in [1.54, 1.807) is 0 Å². The highest BCUT2D eigenvalue weighted by atomic mass is 79.9. The molecule has 1 aromatic rings. The van der Waals surface area contributed by atoms with Gasteiger partial charge in [0, 0.05) is 29.6 Å². The van der Waals surface area contributed by atoms with Gasteiger partial charge in [-0.1, -0.05) is 12.5 Å². The first-order valence-electron chi connectivity index (χ1n) is 7.87. The van der Waals surface area contributed by atoms with Crippen LogP contribution in [0.1, 0.15) is 42.1 Å². The molecule has 3 rings (SSSR count). The van der Waals surface area contributed by atoms with Crippen LogP contribution in [0.5, 0.6) is 0 Å². The van der Waals surface area contributed by atoms with Gasteiger partial charge in [0.2, 0.25) is 0 Å². The first-order chi connectivity index (χ1) is 10.1. The number of rotatable bonds is 1. The molecule has 0 aromatic heterocycles. The molecule has 2 atom stereocenters. The second kappa shape index (κ2) is 6.09. The van der Waals surface area contributed by atoms with Crippen LogP contribution in [0, 0.1) is 6.92 Å². The van der Waals surface area contributed by atoms with Crippen LogP contribution in [0.15, 0.2) is 22.7 Å². The predicted octanol–water partition coefficient (Wildman–Crippen LogP) is 3.46. The molecule has 2 aliphatic heterocycles. The average molecular weight is 351 g/mol. The van der Waals surface area contributed by atoms with E-state index in [4.69, 9.17) is 0 Å². The van der Waals surface area contributed by atoms with Gasteiger partial charge in [-0.05, 0) is 66.9 Å². The predicted molar refractivity (Wildman–Crippen MR) is 88.6 cm³/mol. The fraction of sp³-hybridized carbons (Fsp3) is 0.588. The molecule has 114 valence electrons. The van der Waals surface area contributed by atoms with Crippen molar-refractivity contribution in [3.63, 3.8) is 0 Å². The standard InChI is InChI=1S/C17H23BrN2O/c1-12-6-7-15(16(18)9-12)17(21)20-11-14-5-3-4-8-19(14)10-13(20)2/h6-7,9,13-14H,3-5,8,10-11H2,1-2H3. The highest BCUT2D eigenvalue weighted by molar-refractivity contribution is 9.10. The number of fused-ring (bicyclic) bond motifs is 1. The average Bonchev–Trinajstić information content (AvgIpc) is 2.46. The second-order valence-corrected chi connectivity index (χ2v) is 7.29. The Hall–Kier alpha value is -0.870. The molecule has 0 radical (unpaired) electrons. The molecule has 1 amide bonds. The zero-order valence-electron chi connectivity index (χ0n) is 12.8. The summed E-state index contributed by atoms with van der Waals surface area (Å²) in [4.78, 5) is 17.5. The smallest absolute Gasteiger partial charge is 0.255 e. The normalized spacial score (nSPS) is 26.5. The summed E-state index contributed by atoms with van der Waals surface area (Å²) in [5.74, 6) is 0.166. The maximum absolute atomic E-state index is 12.9. The molecule has 0 bridgehead atoms. The van der Waals surface area contributed by atoms with Crippen LogP contribution >= 0.6 is 15.9 Å². The third kappa shape index (κ3) is 3.02. The summed E-state index contributed by atoms with van der Waals surface area (Å²) in [6.07, 6.45) is 3.83. The lowest BCUT2D eigenvalue weighted by Gasteiger charge is -2.47. The van der Waals surface area contributed by atoms with Gasteiger partial charge >= 0.3 is 0 Å². The summed E-state index contributed by atoms with van der Waals surface area (Å²) in [6.45, 7) is 7.30. The monoisotopic (exact) mass is 350 g/mol. The van der Waals surface area contributed by atoms with Crippen LogP contribution in [0.4, 0.5) is 0 Å². The van der Waals surface area contributed by atoms with Crippen LogP contribution in [0.3, 0.4) is 0 Å². The van der Waals surface area contributed by atoms with Crippen LogP contribution in [0.2, 0.25) is 0 Å². The zero-order chi connectivity index (χ0) is 15.0. The molecule has 1 aromatic carbocycles. The molecular weight excluding hydrogens is 328 g/mol. The minimum absolute atomic E-state index is 0.166. The molecule has 2 heterocycles. The van der Waals surface area contributed by atoms with Crippen LogP contribution in [-0.4, -0.2) is 47.4 Å². The maximum Gasteiger partial charge on any atom is 0.255 e. The second-order valence-electron chi connectivity index (χ2n) is 6.43. The number of carbonyl (C=O) groups is 1. The lowest BCUT2D eigenvalue weighted by molar-refractivity contribution is 0.0151. The third-order valence-corrected chi connectivity index (χ3v) is 5.46. The highest BCUT2D eigenvalue weighted by Crippen LogP contribution is 2.27. The van der Waals surface area contributed by atoms with Gasteiger partial charge in [0.1, 0.15) is 0 Å². The van der Waals surface area contributed by atoms with Crippen molar-refractivity contribution in [3.05, 3.63) is 33.8 Å². The molecule has 2 unspecified atom stereocenters. The van der Waals surface area contributed by atoms with Crippen molar-refractivity contribution in [2.45, 2.75) is 45.2 Å². The first-order valence-corrected chi connectivity index (χ1v) is 8.66. The molecule has 21 heavy (non-hydrogen) atoms. The molecule has 2 aliphatic rings. The van der Waals surface area contributed by atoms with Gasteiger partial charge in [-0.3, -0.25) is 9.69 Å². The molecular formula is C17H23BrN2O. The minimum atomic E-state index is 0.166. The lowest BCUT2D eigenvalue weighted by Crippen LogP contribution is -2.60. The van der Waals surface area contributed by atoms with Crippen molar-refractivity contribution < 1.29 is 4.79 Å². The van der Waals surface area contributed by atoms with Crippen LogP contribution < -0.4 is 0 Å². The number of nitrogens with zero attached hydrogens (tertiary/aromatic N) is 2. The van der Waals surface area contributed by atoms with Gasteiger partial charge in [0.15, 0.2) is 0 Å². The maximum atomic E-state index is 12.9. The molecule has 0 saturated carbocycles. The van der Waals surface area contributed by atoms with Crippen molar-refractivity contribution in [2.24, 2.45) is 0 Å². The molecule has 0 aliphatic carbocycles. The van der Waals surface area contributed by atoms with Crippen molar-refractivity contribution in [1.29, 1.82) is 0 Å². The minimum Gasteiger partial charge on any atom is -0.333 e. The number of halogens is 1. The van der Waals surface area contributed by atoms with E-state index in [9.17, 15) is 4.79 Å². The number of benzene rings is 1. The zero-order valence-corrected chi connectivity index (χ0v) is 14.4. The van der Waals surface area contributed by atoms with Crippen molar-refractivity contribution in [3.8, 4) is 0 Å². The van der Waals surface area contributed by atoms with E-state index in [2.05, 4.69) is 32.7 Å². The van der Waals surface area contributed by atoms with E-state index < -0.39 is 0 Å². The Balaban J connectivity index is 1.80. The Bertz CT molecular complexity index is 546. The van der Waals surface area contributed by atoms with E-state index in [0.29, 0.717) is 12.1 Å². The Morgan fingerprint density at radius 3 is 2.86 bits per heavy atom. The van der Waals surface area contributed by atoms with E-state index in [1.165, 1.54) is 31.4 Å².